The molecule has 0 spiro atoms. The summed E-state index contributed by atoms with van der Waals surface area (Å²) in [6.07, 6.45) is 1.99. The van der Waals surface area contributed by atoms with Crippen molar-refractivity contribution in [2.75, 3.05) is 13.2 Å². The van der Waals surface area contributed by atoms with Gasteiger partial charge in [-0.2, -0.15) is 0 Å². The topological polar surface area (TPSA) is 18.5 Å². The first-order valence-corrected chi connectivity index (χ1v) is 12.2. The lowest BCUT2D eigenvalue weighted by Crippen LogP contribution is -1.98. The van der Waals surface area contributed by atoms with Gasteiger partial charge in [-0.15, -0.1) is 0 Å². The standard InChI is InChI=1S/C32H30O2/c1-3-21-33-25-17-13-23(14-18-25)31(24-15-19-26(20-16-24)34-22-4-2)32-29-11-7-5-9-27(29)28-10-6-8-12-30(28)32/h5-20H,3-4,21-22H2,1-2H3. The summed E-state index contributed by atoms with van der Waals surface area (Å²) in [7, 11) is 0. The van der Waals surface area contributed by atoms with E-state index in [4.69, 9.17) is 9.47 Å². The molecule has 0 N–H and O–H groups in total. The number of ether oxygens (including phenoxy) is 2. The van der Waals surface area contributed by atoms with Gasteiger partial charge in [-0.05, 0) is 81.6 Å². The minimum atomic E-state index is 0.729. The van der Waals surface area contributed by atoms with E-state index in [9.17, 15) is 0 Å². The molecule has 2 heteroatoms. The molecule has 2 nitrogen and oxygen atoms in total. The summed E-state index contributed by atoms with van der Waals surface area (Å²) >= 11 is 0. The molecule has 0 amide bonds. The Morgan fingerprint density at radius 2 is 0.882 bits per heavy atom. The van der Waals surface area contributed by atoms with Crippen LogP contribution in [0.5, 0.6) is 11.5 Å². The molecule has 0 atom stereocenters. The first-order chi connectivity index (χ1) is 16.8. The van der Waals surface area contributed by atoms with Crippen molar-refractivity contribution < 1.29 is 9.47 Å². The summed E-state index contributed by atoms with van der Waals surface area (Å²) in [6.45, 7) is 5.71. The van der Waals surface area contributed by atoms with Crippen molar-refractivity contribution in [2.24, 2.45) is 0 Å². The number of rotatable bonds is 8. The largest absolute Gasteiger partial charge is 0.494 e. The summed E-state index contributed by atoms with van der Waals surface area (Å²) in [5, 5.41) is 0. The van der Waals surface area contributed by atoms with Crippen molar-refractivity contribution in [3.8, 4) is 22.6 Å². The van der Waals surface area contributed by atoms with Gasteiger partial charge in [0.15, 0.2) is 0 Å². The normalized spacial score (nSPS) is 11.6. The fourth-order valence-electron chi connectivity index (χ4n) is 4.62. The van der Waals surface area contributed by atoms with E-state index in [2.05, 4.69) is 111 Å². The highest BCUT2D eigenvalue weighted by Crippen LogP contribution is 2.48. The van der Waals surface area contributed by atoms with Gasteiger partial charge in [0.05, 0.1) is 13.2 Å². The molecule has 0 saturated carbocycles. The summed E-state index contributed by atoms with van der Waals surface area (Å²) in [4.78, 5) is 0. The van der Waals surface area contributed by atoms with Gasteiger partial charge in [0.25, 0.3) is 0 Å². The molecule has 1 aliphatic carbocycles. The number of fused-ring (bicyclic) bond motifs is 3. The Balaban J connectivity index is 1.70. The van der Waals surface area contributed by atoms with Crippen LogP contribution in [0.4, 0.5) is 0 Å². The molecule has 34 heavy (non-hydrogen) atoms. The van der Waals surface area contributed by atoms with Gasteiger partial charge in [-0.3, -0.25) is 0 Å². The van der Waals surface area contributed by atoms with Crippen LogP contribution < -0.4 is 9.47 Å². The maximum absolute atomic E-state index is 5.85. The van der Waals surface area contributed by atoms with Crippen LogP contribution in [-0.4, -0.2) is 13.2 Å². The van der Waals surface area contributed by atoms with Crippen LogP contribution in [-0.2, 0) is 0 Å². The van der Waals surface area contributed by atoms with E-state index in [0.717, 1.165) is 37.6 Å². The number of hydrogen-bond donors (Lipinski definition) is 0. The smallest absolute Gasteiger partial charge is 0.119 e. The third-order valence-electron chi connectivity index (χ3n) is 6.16. The van der Waals surface area contributed by atoms with Gasteiger partial charge in [0.1, 0.15) is 11.5 Å². The Morgan fingerprint density at radius 1 is 0.500 bits per heavy atom. The average molecular weight is 447 g/mol. The van der Waals surface area contributed by atoms with Gasteiger partial charge in [0, 0.05) is 0 Å². The highest BCUT2D eigenvalue weighted by molar-refractivity contribution is 6.13. The molecule has 0 heterocycles. The van der Waals surface area contributed by atoms with E-state index in [1.807, 2.05) is 0 Å². The molecule has 0 radical (unpaired) electrons. The highest BCUT2D eigenvalue weighted by Gasteiger charge is 2.26. The molecule has 0 saturated heterocycles. The van der Waals surface area contributed by atoms with Gasteiger partial charge in [-0.25, -0.2) is 0 Å². The molecular weight excluding hydrogens is 416 g/mol. The minimum Gasteiger partial charge on any atom is -0.494 e. The number of hydrogen-bond acceptors (Lipinski definition) is 2. The zero-order valence-electron chi connectivity index (χ0n) is 19.9. The first kappa shape index (κ1) is 22.0. The maximum Gasteiger partial charge on any atom is 0.119 e. The lowest BCUT2D eigenvalue weighted by atomic mass is 9.88. The number of benzene rings is 4. The molecule has 5 rings (SSSR count). The van der Waals surface area contributed by atoms with E-state index < -0.39 is 0 Å². The highest BCUT2D eigenvalue weighted by atomic mass is 16.5. The predicted octanol–water partition coefficient (Wildman–Crippen LogP) is 8.25. The summed E-state index contributed by atoms with van der Waals surface area (Å²) in [5.41, 5.74) is 9.97. The van der Waals surface area contributed by atoms with Crippen LogP contribution in [0.3, 0.4) is 0 Å². The Labute approximate surface area is 202 Å². The van der Waals surface area contributed by atoms with Crippen LogP contribution >= 0.6 is 0 Å². The van der Waals surface area contributed by atoms with E-state index in [1.54, 1.807) is 0 Å². The van der Waals surface area contributed by atoms with E-state index in [-0.39, 0.29) is 0 Å². The van der Waals surface area contributed by atoms with E-state index in [1.165, 1.54) is 44.5 Å². The molecule has 0 fully saturated rings. The molecule has 170 valence electrons. The Kier molecular flexibility index (Phi) is 6.49. The summed E-state index contributed by atoms with van der Waals surface area (Å²) < 4.78 is 11.7. The van der Waals surface area contributed by atoms with Crippen molar-refractivity contribution in [3.63, 3.8) is 0 Å². The predicted molar refractivity (Wildman–Crippen MR) is 141 cm³/mol. The van der Waals surface area contributed by atoms with Crippen LogP contribution in [0, 0.1) is 0 Å². The van der Waals surface area contributed by atoms with Crippen LogP contribution in [0.1, 0.15) is 48.9 Å². The molecule has 0 aliphatic heterocycles. The lowest BCUT2D eigenvalue weighted by Gasteiger charge is -2.16. The van der Waals surface area contributed by atoms with Crippen molar-refractivity contribution in [2.45, 2.75) is 26.7 Å². The van der Waals surface area contributed by atoms with Crippen molar-refractivity contribution in [1.82, 2.24) is 0 Å². The maximum atomic E-state index is 5.85. The van der Waals surface area contributed by atoms with Gasteiger partial charge < -0.3 is 9.47 Å². The van der Waals surface area contributed by atoms with Crippen molar-refractivity contribution >= 4 is 11.1 Å². The SMILES string of the molecule is CCCOc1ccc(C(=C2c3ccccc3-c3ccccc32)c2ccc(OCCC)cc2)cc1. The second-order valence-corrected chi connectivity index (χ2v) is 8.59. The van der Waals surface area contributed by atoms with Gasteiger partial charge in [-0.1, -0.05) is 86.6 Å². The van der Waals surface area contributed by atoms with E-state index in [0.29, 0.717) is 0 Å². The average Bonchev–Trinajstić information content (AvgIpc) is 3.22. The molecular formula is C32H30O2. The summed E-state index contributed by atoms with van der Waals surface area (Å²) in [5.74, 6) is 1.82. The lowest BCUT2D eigenvalue weighted by molar-refractivity contribution is 0.317. The quantitative estimate of drug-likeness (QED) is 0.239. The molecule has 4 aromatic rings. The zero-order chi connectivity index (χ0) is 23.3. The monoisotopic (exact) mass is 446 g/mol. The van der Waals surface area contributed by atoms with Crippen molar-refractivity contribution in [3.05, 3.63) is 119 Å². The summed E-state index contributed by atoms with van der Waals surface area (Å²) in [6, 6.07) is 34.5. The van der Waals surface area contributed by atoms with Crippen LogP contribution in [0.25, 0.3) is 22.3 Å². The molecule has 1 aliphatic rings. The van der Waals surface area contributed by atoms with Crippen LogP contribution in [0.15, 0.2) is 97.1 Å². The Bertz CT molecular complexity index is 1200. The molecule has 4 aromatic carbocycles. The molecule has 0 unspecified atom stereocenters. The van der Waals surface area contributed by atoms with Gasteiger partial charge >= 0.3 is 0 Å². The zero-order valence-corrected chi connectivity index (χ0v) is 19.9. The Hall–Kier alpha value is -3.78. The fourth-order valence-corrected chi connectivity index (χ4v) is 4.62. The van der Waals surface area contributed by atoms with Crippen molar-refractivity contribution in [1.29, 1.82) is 0 Å². The third kappa shape index (κ3) is 4.24. The minimum absolute atomic E-state index is 0.729. The second kappa shape index (κ2) is 10.0. The molecule has 0 aromatic heterocycles. The third-order valence-corrected chi connectivity index (χ3v) is 6.16. The Morgan fingerprint density at radius 3 is 1.26 bits per heavy atom. The molecule has 0 bridgehead atoms. The second-order valence-electron chi connectivity index (χ2n) is 8.59. The fraction of sp³-hybridized carbons (Fsp3) is 0.188. The first-order valence-electron chi connectivity index (χ1n) is 12.2. The van der Waals surface area contributed by atoms with Crippen LogP contribution in [0.2, 0.25) is 0 Å². The van der Waals surface area contributed by atoms with Gasteiger partial charge in [0.2, 0.25) is 0 Å². The van der Waals surface area contributed by atoms with E-state index >= 15 is 0 Å².